The normalized spacial score (nSPS) is 53.3. The first-order chi connectivity index (χ1) is 11.4. The van der Waals surface area contributed by atoms with Gasteiger partial charge in [0.05, 0.1) is 0 Å². The Labute approximate surface area is 143 Å². The van der Waals surface area contributed by atoms with E-state index in [2.05, 4.69) is 13.8 Å². The van der Waals surface area contributed by atoms with Crippen LogP contribution in [-0.2, 0) is 28.8 Å². The van der Waals surface area contributed by atoms with Crippen LogP contribution in [0.15, 0.2) is 0 Å². The zero-order chi connectivity index (χ0) is 17.1. The molecule has 0 unspecified atom stereocenters. The van der Waals surface area contributed by atoms with Gasteiger partial charge in [-0.25, -0.2) is 9.78 Å². The lowest BCUT2D eigenvalue weighted by molar-refractivity contribution is -0.577. The van der Waals surface area contributed by atoms with E-state index < -0.39 is 24.0 Å². The van der Waals surface area contributed by atoms with Gasteiger partial charge in [0.15, 0.2) is 24.0 Å². The third-order valence-electron chi connectivity index (χ3n) is 6.55. The Morgan fingerprint density at radius 3 is 2.71 bits per heavy atom. The van der Waals surface area contributed by atoms with E-state index in [9.17, 15) is 4.79 Å². The van der Waals surface area contributed by atoms with Gasteiger partial charge in [-0.05, 0) is 44.9 Å². The molecule has 0 aromatic rings. The average Bonchev–Trinajstić information content (AvgIpc) is 2.76. The minimum atomic E-state index is -0.775. The van der Waals surface area contributed by atoms with Crippen LogP contribution in [0.2, 0.25) is 0 Å². The molecule has 1 spiro atoms. The first kappa shape index (κ1) is 16.9. The Morgan fingerprint density at radius 2 is 1.96 bits per heavy atom. The van der Waals surface area contributed by atoms with E-state index in [0.29, 0.717) is 11.8 Å². The number of rotatable bonds is 3. The van der Waals surface area contributed by atoms with Crippen LogP contribution in [-0.4, -0.2) is 36.4 Å². The first-order valence-electron chi connectivity index (χ1n) is 9.17. The maximum absolute atomic E-state index is 11.3. The lowest BCUT2D eigenvalue weighted by Crippen LogP contribution is -2.70. The fraction of sp³-hybridized carbons (Fsp3) is 0.944. The van der Waals surface area contributed by atoms with Gasteiger partial charge in [0.2, 0.25) is 5.79 Å². The molecule has 0 aromatic carbocycles. The molecule has 0 aromatic heterocycles. The molecule has 6 heteroatoms. The molecule has 6 nitrogen and oxygen atoms in total. The Morgan fingerprint density at radius 1 is 1.17 bits per heavy atom. The summed E-state index contributed by atoms with van der Waals surface area (Å²) < 4.78 is 18.2. The monoisotopic (exact) mass is 340 g/mol. The molecule has 5 rings (SSSR count). The summed E-state index contributed by atoms with van der Waals surface area (Å²) in [5, 5.41) is 0. The Hall–Kier alpha value is -0.530. The summed E-state index contributed by atoms with van der Waals surface area (Å²) in [6, 6.07) is 0. The Kier molecular flexibility index (Phi) is 4.05. The highest BCUT2D eigenvalue weighted by Crippen LogP contribution is 2.60. The van der Waals surface area contributed by atoms with Gasteiger partial charge in [-0.15, -0.1) is 0 Å². The van der Waals surface area contributed by atoms with Crippen LogP contribution in [0.1, 0.15) is 53.4 Å². The van der Waals surface area contributed by atoms with Gasteiger partial charge < -0.3 is 14.2 Å². The molecular weight excluding hydrogens is 312 g/mol. The summed E-state index contributed by atoms with van der Waals surface area (Å²) >= 11 is 0. The van der Waals surface area contributed by atoms with Crippen LogP contribution in [0, 0.1) is 23.7 Å². The van der Waals surface area contributed by atoms with Crippen molar-refractivity contribution in [2.24, 2.45) is 23.7 Å². The van der Waals surface area contributed by atoms with Gasteiger partial charge in [0.1, 0.15) is 6.61 Å². The van der Waals surface area contributed by atoms with Crippen molar-refractivity contribution in [1.29, 1.82) is 0 Å². The fourth-order valence-corrected chi connectivity index (χ4v) is 5.26. The maximum atomic E-state index is 11.3. The zero-order valence-electron chi connectivity index (χ0n) is 14.9. The second kappa shape index (κ2) is 5.74. The molecule has 24 heavy (non-hydrogen) atoms. The van der Waals surface area contributed by atoms with E-state index in [1.165, 1.54) is 6.92 Å². The molecule has 0 amide bonds. The summed E-state index contributed by atoms with van der Waals surface area (Å²) in [6.45, 7) is 7.91. The maximum Gasteiger partial charge on any atom is 0.201 e. The summed E-state index contributed by atoms with van der Waals surface area (Å²) in [5.41, 5.74) is -0.566. The molecular formula is C18H28O6. The quantitative estimate of drug-likeness (QED) is 0.736. The molecule has 8 atom stereocenters. The summed E-state index contributed by atoms with van der Waals surface area (Å²) in [6.07, 6.45) is 3.04. The van der Waals surface area contributed by atoms with Crippen LogP contribution in [0.25, 0.3) is 0 Å². The molecule has 1 saturated carbocycles. The molecule has 0 N–H and O–H groups in total. The van der Waals surface area contributed by atoms with E-state index in [1.54, 1.807) is 0 Å². The van der Waals surface area contributed by atoms with Crippen LogP contribution in [0.3, 0.4) is 0 Å². The molecule has 4 saturated heterocycles. The zero-order valence-corrected chi connectivity index (χ0v) is 14.9. The van der Waals surface area contributed by atoms with Crippen molar-refractivity contribution in [3.05, 3.63) is 0 Å². The van der Waals surface area contributed by atoms with Gasteiger partial charge >= 0.3 is 0 Å². The van der Waals surface area contributed by atoms with Gasteiger partial charge in [0.25, 0.3) is 0 Å². The van der Waals surface area contributed by atoms with Crippen molar-refractivity contribution < 1.29 is 28.8 Å². The van der Waals surface area contributed by atoms with Gasteiger partial charge in [0, 0.05) is 18.3 Å². The van der Waals surface area contributed by atoms with E-state index in [4.69, 9.17) is 24.0 Å². The smallest absolute Gasteiger partial charge is 0.201 e. The van der Waals surface area contributed by atoms with E-state index in [0.717, 1.165) is 25.7 Å². The highest BCUT2D eigenvalue weighted by Gasteiger charge is 2.69. The summed E-state index contributed by atoms with van der Waals surface area (Å²) in [5.74, 6) is 0.463. The van der Waals surface area contributed by atoms with Crippen molar-refractivity contribution in [2.45, 2.75) is 77.3 Å². The number of Topliss-reactive ketones (excluding diaryl/α,β-unsaturated/α-hetero) is 1. The van der Waals surface area contributed by atoms with Gasteiger partial charge in [-0.3, -0.25) is 4.79 Å². The number of hydrogen-bond donors (Lipinski definition) is 0. The lowest BCUT2D eigenvalue weighted by atomic mass is 9.58. The van der Waals surface area contributed by atoms with Crippen molar-refractivity contribution in [3.63, 3.8) is 0 Å². The van der Waals surface area contributed by atoms with E-state index in [-0.39, 0.29) is 24.2 Å². The van der Waals surface area contributed by atoms with Crippen molar-refractivity contribution in [3.8, 4) is 0 Å². The van der Waals surface area contributed by atoms with Gasteiger partial charge in [-0.2, -0.15) is 0 Å². The first-order valence-corrected chi connectivity index (χ1v) is 9.17. The molecule has 4 aliphatic heterocycles. The minimum absolute atomic E-state index is 0.00363. The highest BCUT2D eigenvalue weighted by atomic mass is 17.3. The van der Waals surface area contributed by atoms with Crippen LogP contribution < -0.4 is 0 Å². The predicted octanol–water partition coefficient (Wildman–Crippen LogP) is 2.80. The third-order valence-corrected chi connectivity index (χ3v) is 6.55. The number of ketones is 1. The van der Waals surface area contributed by atoms with Crippen LogP contribution in [0.4, 0.5) is 0 Å². The molecule has 1 aliphatic carbocycles. The molecule has 2 bridgehead atoms. The van der Waals surface area contributed by atoms with E-state index >= 15 is 0 Å². The molecule has 0 radical (unpaired) electrons. The number of hydrogen-bond acceptors (Lipinski definition) is 6. The second-order valence-electron chi connectivity index (χ2n) is 8.29. The number of fused-ring (bicyclic) bond motifs is 2. The predicted molar refractivity (Wildman–Crippen MR) is 83.5 cm³/mol. The van der Waals surface area contributed by atoms with Crippen LogP contribution in [0.5, 0.6) is 0 Å². The lowest BCUT2D eigenvalue weighted by Gasteiger charge is -2.60. The summed E-state index contributed by atoms with van der Waals surface area (Å²) in [4.78, 5) is 23.1. The largest absolute Gasteiger partial charge is 0.344 e. The molecule has 5 fully saturated rings. The topological polar surface area (TPSA) is 63.2 Å². The second-order valence-corrected chi connectivity index (χ2v) is 8.29. The standard InChI is InChI=1S/C18H28O6/c1-10-5-6-14-12(3)15(20-9-11(2)19)21-16-18(14)13(10)7-8-17(4,22-16)23-24-18/h10,12-16H,5-9H2,1-4H3/t10-,12-,13+,14+,15+,16-,17-,18-/m1/s1. The minimum Gasteiger partial charge on any atom is -0.344 e. The number of carbonyl (C=O) groups excluding carboxylic acids is 1. The molecule has 136 valence electrons. The molecule has 5 aliphatic rings. The SMILES string of the molecule is CC(=O)CO[C@H]1O[C@@H]2O[C@@]3(C)CC[C@H]4[C@H](C)CC[C@@H]([C@H]1C)[C@@]24OO3. The number of ether oxygens (including phenoxy) is 3. The fourth-order valence-electron chi connectivity index (χ4n) is 5.26. The molecule has 4 heterocycles. The van der Waals surface area contributed by atoms with Crippen LogP contribution >= 0.6 is 0 Å². The highest BCUT2D eigenvalue weighted by molar-refractivity contribution is 5.76. The van der Waals surface area contributed by atoms with Crippen molar-refractivity contribution in [2.75, 3.05) is 6.61 Å². The number of carbonyl (C=O) groups is 1. The van der Waals surface area contributed by atoms with E-state index in [1.807, 2.05) is 6.92 Å². The Balaban J connectivity index is 1.68. The average molecular weight is 340 g/mol. The van der Waals surface area contributed by atoms with Crippen molar-refractivity contribution in [1.82, 2.24) is 0 Å². The third kappa shape index (κ3) is 2.38. The van der Waals surface area contributed by atoms with Gasteiger partial charge in [-0.1, -0.05) is 13.8 Å². The summed E-state index contributed by atoms with van der Waals surface area (Å²) in [7, 11) is 0. The van der Waals surface area contributed by atoms with Crippen molar-refractivity contribution >= 4 is 5.78 Å². The Bertz CT molecular complexity index is 524.